The van der Waals surface area contributed by atoms with Crippen molar-refractivity contribution in [2.75, 3.05) is 33.4 Å². The fourth-order valence-electron chi connectivity index (χ4n) is 2.75. The predicted octanol–water partition coefficient (Wildman–Crippen LogP) is 2.03. The summed E-state index contributed by atoms with van der Waals surface area (Å²) in [6.45, 7) is 0.463. The van der Waals surface area contributed by atoms with E-state index in [1.165, 1.54) is 16.4 Å². The van der Waals surface area contributed by atoms with E-state index in [0.29, 0.717) is 11.6 Å². The molecular weight excluding hydrogens is 310 g/mol. The highest BCUT2D eigenvalue weighted by Gasteiger charge is 2.42. The molecule has 1 aliphatic rings. The first-order chi connectivity index (χ1) is 9.69. The SMILES string of the molecule is CN(C)C1(CN(C)S(=O)(=O)c2ccc(Cl)cc2N)CCC1. The Morgan fingerprint density at radius 2 is 1.90 bits per heavy atom. The molecule has 1 fully saturated rings. The highest BCUT2D eigenvalue weighted by atomic mass is 35.5. The van der Waals surface area contributed by atoms with Crippen LogP contribution in [0.4, 0.5) is 5.69 Å². The van der Waals surface area contributed by atoms with Crippen LogP contribution >= 0.6 is 11.6 Å². The summed E-state index contributed by atoms with van der Waals surface area (Å²) in [4.78, 5) is 2.23. The second kappa shape index (κ2) is 5.76. The number of benzene rings is 1. The Bertz CT molecular complexity index is 627. The van der Waals surface area contributed by atoms with Gasteiger partial charge < -0.3 is 10.6 Å². The third kappa shape index (κ3) is 3.04. The van der Waals surface area contributed by atoms with Crippen LogP contribution in [-0.4, -0.2) is 50.8 Å². The number of sulfonamides is 1. The molecule has 7 heteroatoms. The van der Waals surface area contributed by atoms with Crippen molar-refractivity contribution in [1.82, 2.24) is 9.21 Å². The molecule has 1 aromatic rings. The molecule has 0 heterocycles. The number of nitrogens with zero attached hydrogens (tertiary/aromatic N) is 2. The van der Waals surface area contributed by atoms with Crippen LogP contribution < -0.4 is 5.73 Å². The molecule has 0 saturated heterocycles. The van der Waals surface area contributed by atoms with Gasteiger partial charge in [-0.3, -0.25) is 0 Å². The monoisotopic (exact) mass is 331 g/mol. The molecule has 0 aromatic heterocycles. The molecule has 118 valence electrons. The number of hydrogen-bond donors (Lipinski definition) is 1. The molecule has 1 saturated carbocycles. The van der Waals surface area contributed by atoms with Gasteiger partial charge in [-0.1, -0.05) is 11.6 Å². The van der Waals surface area contributed by atoms with E-state index in [9.17, 15) is 8.42 Å². The van der Waals surface area contributed by atoms with Crippen LogP contribution in [0.3, 0.4) is 0 Å². The molecule has 2 N–H and O–H groups in total. The first-order valence-corrected chi connectivity index (χ1v) is 8.70. The van der Waals surface area contributed by atoms with E-state index < -0.39 is 10.0 Å². The summed E-state index contributed by atoms with van der Waals surface area (Å²) >= 11 is 5.83. The molecule has 1 aliphatic carbocycles. The maximum absolute atomic E-state index is 12.7. The topological polar surface area (TPSA) is 66.6 Å². The fraction of sp³-hybridized carbons (Fsp3) is 0.571. The highest BCUT2D eigenvalue weighted by molar-refractivity contribution is 7.89. The molecule has 1 aromatic carbocycles. The Kier molecular flexibility index (Phi) is 4.54. The number of nitrogen functional groups attached to an aromatic ring is 1. The molecule has 0 amide bonds. The van der Waals surface area contributed by atoms with Crippen molar-refractivity contribution < 1.29 is 8.42 Å². The molecule has 0 bridgehead atoms. The average Bonchev–Trinajstić information content (AvgIpc) is 2.32. The molecule has 0 radical (unpaired) electrons. The Morgan fingerprint density at radius 3 is 2.33 bits per heavy atom. The number of nitrogens with two attached hydrogens (primary N) is 1. The van der Waals surface area contributed by atoms with E-state index in [1.54, 1.807) is 13.1 Å². The van der Waals surface area contributed by atoms with Crippen LogP contribution in [0.15, 0.2) is 23.1 Å². The number of rotatable bonds is 5. The summed E-state index contributed by atoms with van der Waals surface area (Å²) in [5, 5.41) is 0.429. The van der Waals surface area contributed by atoms with Gasteiger partial charge in [-0.05, 0) is 51.6 Å². The average molecular weight is 332 g/mol. The van der Waals surface area contributed by atoms with E-state index in [1.807, 2.05) is 14.1 Å². The first kappa shape index (κ1) is 16.5. The van der Waals surface area contributed by atoms with Crippen LogP contribution in [0.25, 0.3) is 0 Å². The second-order valence-electron chi connectivity index (χ2n) is 5.92. The summed E-state index contributed by atoms with van der Waals surface area (Å²) < 4.78 is 26.8. The van der Waals surface area contributed by atoms with Crippen molar-refractivity contribution >= 4 is 27.3 Å². The molecule has 0 atom stereocenters. The molecule has 0 spiro atoms. The minimum atomic E-state index is -3.61. The molecule has 2 rings (SSSR count). The van der Waals surface area contributed by atoms with Crippen LogP contribution in [0.1, 0.15) is 19.3 Å². The van der Waals surface area contributed by atoms with Gasteiger partial charge in [0, 0.05) is 24.2 Å². The molecular formula is C14H22ClN3O2S. The minimum absolute atomic E-state index is 0.0665. The molecule has 0 unspecified atom stereocenters. The van der Waals surface area contributed by atoms with Gasteiger partial charge in [0.2, 0.25) is 10.0 Å². The maximum atomic E-state index is 12.7. The summed E-state index contributed by atoms with van der Waals surface area (Å²) in [6, 6.07) is 4.48. The zero-order valence-electron chi connectivity index (χ0n) is 12.6. The second-order valence-corrected chi connectivity index (χ2v) is 8.37. The normalized spacial score (nSPS) is 18.0. The van der Waals surface area contributed by atoms with Crippen LogP contribution in [0.2, 0.25) is 5.02 Å². The predicted molar refractivity (Wildman–Crippen MR) is 85.9 cm³/mol. The maximum Gasteiger partial charge on any atom is 0.244 e. The van der Waals surface area contributed by atoms with Gasteiger partial charge in [0.25, 0.3) is 0 Å². The summed E-state index contributed by atoms with van der Waals surface area (Å²) in [6.07, 6.45) is 3.15. The summed E-state index contributed by atoms with van der Waals surface area (Å²) in [7, 11) is 1.99. The zero-order valence-corrected chi connectivity index (χ0v) is 14.2. The quantitative estimate of drug-likeness (QED) is 0.838. The molecule has 5 nitrogen and oxygen atoms in total. The standard InChI is InChI=1S/C14H22ClN3O2S/c1-17(2)14(7-4-8-14)10-18(3)21(19,20)13-6-5-11(15)9-12(13)16/h5-6,9H,4,7-8,10,16H2,1-3H3. The zero-order chi connectivity index (χ0) is 15.8. The number of halogens is 1. The fourth-order valence-corrected chi connectivity index (χ4v) is 4.28. The Balaban J connectivity index is 2.27. The number of likely N-dealkylation sites (N-methyl/N-ethyl adjacent to an activating group) is 2. The van der Waals surface area contributed by atoms with Gasteiger partial charge in [0.15, 0.2) is 0 Å². The lowest BCUT2D eigenvalue weighted by Gasteiger charge is -2.49. The van der Waals surface area contributed by atoms with Crippen molar-refractivity contribution in [2.45, 2.75) is 29.7 Å². The minimum Gasteiger partial charge on any atom is -0.398 e. The van der Waals surface area contributed by atoms with Crippen LogP contribution in [0.5, 0.6) is 0 Å². The van der Waals surface area contributed by atoms with Crippen LogP contribution in [-0.2, 0) is 10.0 Å². The summed E-state index contributed by atoms with van der Waals surface area (Å²) in [5.41, 5.74) is 5.93. The lowest BCUT2D eigenvalue weighted by Crippen LogP contribution is -2.57. The van der Waals surface area contributed by atoms with Gasteiger partial charge in [-0.2, -0.15) is 4.31 Å². The molecule has 0 aliphatic heterocycles. The van der Waals surface area contributed by atoms with E-state index in [2.05, 4.69) is 4.90 Å². The Morgan fingerprint density at radius 1 is 1.29 bits per heavy atom. The van der Waals surface area contributed by atoms with E-state index in [4.69, 9.17) is 17.3 Å². The van der Waals surface area contributed by atoms with E-state index in [0.717, 1.165) is 19.3 Å². The first-order valence-electron chi connectivity index (χ1n) is 6.88. The van der Waals surface area contributed by atoms with E-state index >= 15 is 0 Å². The van der Waals surface area contributed by atoms with Crippen molar-refractivity contribution in [1.29, 1.82) is 0 Å². The van der Waals surface area contributed by atoms with Crippen LogP contribution in [0, 0.1) is 0 Å². The van der Waals surface area contributed by atoms with Gasteiger partial charge >= 0.3 is 0 Å². The molecule has 21 heavy (non-hydrogen) atoms. The van der Waals surface area contributed by atoms with Crippen molar-refractivity contribution in [3.63, 3.8) is 0 Å². The number of anilines is 1. The third-order valence-electron chi connectivity index (χ3n) is 4.41. The van der Waals surface area contributed by atoms with Gasteiger partial charge in [-0.25, -0.2) is 8.42 Å². The van der Waals surface area contributed by atoms with Gasteiger partial charge in [0.05, 0.1) is 5.69 Å². The van der Waals surface area contributed by atoms with Crippen molar-refractivity contribution in [2.24, 2.45) is 0 Å². The lowest BCUT2D eigenvalue weighted by atomic mass is 9.75. The van der Waals surface area contributed by atoms with Gasteiger partial charge in [0.1, 0.15) is 4.90 Å². The number of hydrogen-bond acceptors (Lipinski definition) is 4. The van der Waals surface area contributed by atoms with Crippen molar-refractivity contribution in [3.8, 4) is 0 Å². The largest absolute Gasteiger partial charge is 0.398 e. The Labute approximate surface area is 131 Å². The lowest BCUT2D eigenvalue weighted by molar-refractivity contribution is 0.0455. The summed E-state index contributed by atoms with van der Waals surface area (Å²) in [5.74, 6) is 0. The van der Waals surface area contributed by atoms with E-state index in [-0.39, 0.29) is 16.1 Å². The Hall–Kier alpha value is -0.820. The smallest absolute Gasteiger partial charge is 0.244 e. The third-order valence-corrected chi connectivity index (χ3v) is 6.52. The van der Waals surface area contributed by atoms with Gasteiger partial charge in [-0.15, -0.1) is 0 Å². The highest BCUT2D eigenvalue weighted by Crippen LogP contribution is 2.38. The van der Waals surface area contributed by atoms with Crippen molar-refractivity contribution in [3.05, 3.63) is 23.2 Å².